The van der Waals surface area contributed by atoms with E-state index in [2.05, 4.69) is 42.4 Å². The number of halogens is 2. The highest BCUT2D eigenvalue weighted by molar-refractivity contribution is 9.11. The van der Waals surface area contributed by atoms with Crippen LogP contribution in [-0.2, 0) is 14.9 Å². The molecule has 0 atom stereocenters. The molecular formula is C18H16Br2N2O4S. The number of hydrazone groups is 1. The predicted molar refractivity (Wildman–Crippen MR) is 109 cm³/mol. The molecule has 0 spiro atoms. The minimum absolute atomic E-state index is 0.0606. The van der Waals surface area contributed by atoms with Gasteiger partial charge in [0.25, 0.3) is 0 Å². The van der Waals surface area contributed by atoms with Crippen molar-refractivity contribution in [1.29, 1.82) is 0 Å². The van der Waals surface area contributed by atoms with Crippen LogP contribution < -0.4 is 9.61 Å². The quantitative estimate of drug-likeness (QED) is 0.618. The number of nitrogens with zero attached hydrogens (tertiary/aromatic N) is 1. The van der Waals surface area contributed by atoms with Gasteiger partial charge in [-0.05, 0) is 53.5 Å². The molecule has 0 saturated carbocycles. The van der Waals surface area contributed by atoms with Gasteiger partial charge < -0.3 is 4.18 Å². The number of nitrogens with one attached hydrogen (secondary N) is 1. The Kier molecular flexibility index (Phi) is 5.73. The SMILES string of the molecule is Cc1ccc(S(=O)(=O)Oc2c(C3=NNC(=O)CC3)cc(Br)c(C)c2Br)cc1. The van der Waals surface area contributed by atoms with Crippen molar-refractivity contribution in [3.8, 4) is 5.75 Å². The highest BCUT2D eigenvalue weighted by atomic mass is 79.9. The van der Waals surface area contributed by atoms with Crippen molar-refractivity contribution in [2.75, 3.05) is 0 Å². The molecule has 0 saturated heterocycles. The zero-order chi connectivity index (χ0) is 19.8. The van der Waals surface area contributed by atoms with Gasteiger partial charge in [0, 0.05) is 22.9 Å². The van der Waals surface area contributed by atoms with Gasteiger partial charge in [-0.3, -0.25) is 4.79 Å². The Balaban J connectivity index is 2.10. The molecule has 3 rings (SSSR count). The molecular weight excluding hydrogens is 500 g/mol. The Morgan fingerprint density at radius 2 is 1.78 bits per heavy atom. The van der Waals surface area contributed by atoms with Gasteiger partial charge in [0.05, 0.1) is 10.2 Å². The summed E-state index contributed by atoms with van der Waals surface area (Å²) in [7, 11) is -4.04. The fourth-order valence-electron chi connectivity index (χ4n) is 2.52. The molecule has 0 aromatic heterocycles. The van der Waals surface area contributed by atoms with Gasteiger partial charge in [0.15, 0.2) is 5.75 Å². The number of amides is 1. The van der Waals surface area contributed by atoms with Crippen LogP contribution in [0.25, 0.3) is 0 Å². The second-order valence-corrected chi connectivity index (χ2v) is 9.31. The van der Waals surface area contributed by atoms with Gasteiger partial charge >= 0.3 is 10.1 Å². The molecule has 1 heterocycles. The summed E-state index contributed by atoms with van der Waals surface area (Å²) in [5.41, 5.74) is 5.20. The zero-order valence-corrected chi connectivity index (χ0v) is 18.5. The van der Waals surface area contributed by atoms with E-state index in [1.165, 1.54) is 12.1 Å². The Bertz CT molecular complexity index is 1050. The summed E-state index contributed by atoms with van der Waals surface area (Å²) in [5.74, 6) is -0.0371. The Morgan fingerprint density at radius 1 is 1.11 bits per heavy atom. The highest BCUT2D eigenvalue weighted by Gasteiger charge is 2.26. The van der Waals surface area contributed by atoms with E-state index < -0.39 is 10.1 Å². The molecule has 0 aliphatic carbocycles. The Labute approximate surface area is 174 Å². The fourth-order valence-corrected chi connectivity index (χ4v) is 4.79. The van der Waals surface area contributed by atoms with Gasteiger partial charge in [0.1, 0.15) is 4.90 Å². The molecule has 0 fully saturated rings. The monoisotopic (exact) mass is 514 g/mol. The number of aryl methyl sites for hydroxylation is 1. The summed E-state index contributed by atoms with van der Waals surface area (Å²) >= 11 is 6.90. The lowest BCUT2D eigenvalue weighted by molar-refractivity contribution is -0.121. The van der Waals surface area contributed by atoms with Crippen molar-refractivity contribution in [3.05, 3.63) is 56.0 Å². The second kappa shape index (κ2) is 7.73. The van der Waals surface area contributed by atoms with Crippen molar-refractivity contribution in [2.24, 2.45) is 5.10 Å². The number of benzene rings is 2. The minimum Gasteiger partial charge on any atom is -0.377 e. The van der Waals surface area contributed by atoms with E-state index in [9.17, 15) is 13.2 Å². The average Bonchev–Trinajstić information content (AvgIpc) is 2.63. The van der Waals surface area contributed by atoms with Crippen molar-refractivity contribution >= 4 is 53.6 Å². The van der Waals surface area contributed by atoms with Gasteiger partial charge in [-0.25, -0.2) is 5.43 Å². The largest absolute Gasteiger partial charge is 0.377 e. The van der Waals surface area contributed by atoms with E-state index in [-0.39, 0.29) is 23.0 Å². The van der Waals surface area contributed by atoms with Crippen molar-refractivity contribution in [2.45, 2.75) is 31.6 Å². The number of rotatable bonds is 4. The van der Waals surface area contributed by atoms with Crippen LogP contribution in [0.3, 0.4) is 0 Å². The van der Waals surface area contributed by atoms with Crippen LogP contribution in [0.5, 0.6) is 5.75 Å². The molecule has 9 heteroatoms. The molecule has 142 valence electrons. The maximum absolute atomic E-state index is 12.8. The third-order valence-electron chi connectivity index (χ3n) is 4.12. The highest BCUT2D eigenvalue weighted by Crippen LogP contribution is 2.39. The van der Waals surface area contributed by atoms with E-state index in [1.54, 1.807) is 18.2 Å². The number of carbonyl (C=O) groups is 1. The molecule has 0 bridgehead atoms. The van der Waals surface area contributed by atoms with Crippen LogP contribution in [0.2, 0.25) is 0 Å². The molecule has 1 N–H and O–H groups in total. The van der Waals surface area contributed by atoms with Crippen molar-refractivity contribution in [1.82, 2.24) is 5.43 Å². The number of hydrogen-bond acceptors (Lipinski definition) is 5. The smallest absolute Gasteiger partial charge is 0.339 e. The Hall–Kier alpha value is -1.71. The third kappa shape index (κ3) is 4.25. The first-order valence-electron chi connectivity index (χ1n) is 8.04. The van der Waals surface area contributed by atoms with Crippen LogP contribution >= 0.6 is 31.9 Å². The van der Waals surface area contributed by atoms with Gasteiger partial charge in [0.2, 0.25) is 5.91 Å². The molecule has 1 amide bonds. The maximum Gasteiger partial charge on any atom is 0.339 e. The molecule has 2 aromatic carbocycles. The molecule has 6 nitrogen and oxygen atoms in total. The number of hydrogen-bond donors (Lipinski definition) is 1. The van der Waals surface area contributed by atoms with Crippen LogP contribution in [0.15, 0.2) is 49.3 Å². The molecule has 0 unspecified atom stereocenters. The van der Waals surface area contributed by atoms with Crippen LogP contribution in [0.1, 0.15) is 29.5 Å². The predicted octanol–water partition coefficient (Wildman–Crippen LogP) is 4.21. The van der Waals surface area contributed by atoms with E-state index in [0.29, 0.717) is 22.2 Å². The molecule has 0 radical (unpaired) electrons. The Morgan fingerprint density at radius 3 is 2.37 bits per heavy atom. The first kappa shape index (κ1) is 20.0. The van der Waals surface area contributed by atoms with Crippen molar-refractivity contribution in [3.63, 3.8) is 0 Å². The normalized spacial score (nSPS) is 14.5. The topological polar surface area (TPSA) is 84.8 Å². The minimum atomic E-state index is -4.04. The average molecular weight is 516 g/mol. The maximum atomic E-state index is 12.8. The lowest BCUT2D eigenvalue weighted by Crippen LogP contribution is -2.26. The van der Waals surface area contributed by atoms with E-state index >= 15 is 0 Å². The van der Waals surface area contributed by atoms with Gasteiger partial charge in [-0.2, -0.15) is 13.5 Å². The van der Waals surface area contributed by atoms with Crippen LogP contribution in [0.4, 0.5) is 0 Å². The third-order valence-corrected chi connectivity index (χ3v) is 7.13. The molecule has 27 heavy (non-hydrogen) atoms. The van der Waals surface area contributed by atoms with Crippen LogP contribution in [-0.4, -0.2) is 20.0 Å². The summed E-state index contributed by atoms with van der Waals surface area (Å²) in [4.78, 5) is 11.5. The molecule has 1 aliphatic heterocycles. The number of carbonyl (C=O) groups excluding carboxylic acids is 1. The summed E-state index contributed by atoms with van der Waals surface area (Å²) in [6.07, 6.45) is 0.654. The van der Waals surface area contributed by atoms with Gasteiger partial charge in [-0.1, -0.05) is 33.6 Å². The standard InChI is InChI=1S/C18H16Br2N2O4S/c1-10-3-5-12(6-4-10)27(24,25)26-18-13(9-14(19)11(2)17(18)20)15-7-8-16(23)22-21-15/h3-6,9H,7-8H2,1-2H3,(H,22,23). The van der Waals surface area contributed by atoms with E-state index in [4.69, 9.17) is 4.18 Å². The second-order valence-electron chi connectivity index (χ2n) is 6.12. The molecule has 2 aromatic rings. The lowest BCUT2D eigenvalue weighted by Gasteiger charge is -2.19. The van der Waals surface area contributed by atoms with E-state index in [1.807, 2.05) is 13.8 Å². The zero-order valence-electron chi connectivity index (χ0n) is 14.5. The summed E-state index contributed by atoms with van der Waals surface area (Å²) in [6.45, 7) is 3.70. The summed E-state index contributed by atoms with van der Waals surface area (Å²) < 4.78 is 32.4. The van der Waals surface area contributed by atoms with Crippen LogP contribution in [0, 0.1) is 13.8 Å². The first-order valence-corrected chi connectivity index (χ1v) is 11.0. The van der Waals surface area contributed by atoms with Crippen molar-refractivity contribution < 1.29 is 17.4 Å². The molecule has 1 aliphatic rings. The van der Waals surface area contributed by atoms with E-state index in [0.717, 1.165) is 15.6 Å². The first-order chi connectivity index (χ1) is 12.7. The summed E-state index contributed by atoms with van der Waals surface area (Å²) in [5, 5.41) is 4.07. The lowest BCUT2D eigenvalue weighted by atomic mass is 10.0. The fraction of sp³-hybridized carbons (Fsp3) is 0.222. The van der Waals surface area contributed by atoms with Gasteiger partial charge in [-0.15, -0.1) is 0 Å². The summed E-state index contributed by atoms with van der Waals surface area (Å²) in [6, 6.07) is 8.17.